The van der Waals surface area contributed by atoms with Gasteiger partial charge in [-0.05, 0) is 102 Å². The number of hydrogen-bond acceptors (Lipinski definition) is 1. The minimum atomic E-state index is -0.00529. The number of rotatable bonds is 2. The Bertz CT molecular complexity index is 2380. The van der Waals surface area contributed by atoms with Crippen molar-refractivity contribution in [3.8, 4) is 33.4 Å². The highest BCUT2D eigenvalue weighted by Crippen LogP contribution is 2.51. The number of benzene rings is 7. The average molecular weight is 553 g/mol. The van der Waals surface area contributed by atoms with Crippen LogP contribution in [0.1, 0.15) is 25.0 Å². The molecule has 8 aromatic rings. The van der Waals surface area contributed by atoms with Gasteiger partial charge in [0.15, 0.2) is 0 Å². The Balaban J connectivity index is 1.10. The molecular formula is C41H28S. The second-order valence-corrected chi connectivity index (χ2v) is 13.3. The Morgan fingerprint density at radius 3 is 1.83 bits per heavy atom. The molecule has 1 aliphatic rings. The van der Waals surface area contributed by atoms with Gasteiger partial charge in [0.05, 0.1) is 0 Å². The van der Waals surface area contributed by atoms with Crippen LogP contribution in [0, 0.1) is 0 Å². The van der Waals surface area contributed by atoms with Crippen LogP contribution in [-0.4, -0.2) is 0 Å². The van der Waals surface area contributed by atoms with E-state index in [0.29, 0.717) is 0 Å². The summed E-state index contributed by atoms with van der Waals surface area (Å²) < 4.78 is 2.70. The summed E-state index contributed by atoms with van der Waals surface area (Å²) in [5, 5.41) is 7.89. The van der Waals surface area contributed by atoms with Gasteiger partial charge in [0.1, 0.15) is 0 Å². The van der Waals surface area contributed by atoms with Gasteiger partial charge in [-0.3, -0.25) is 0 Å². The van der Waals surface area contributed by atoms with Crippen molar-refractivity contribution >= 4 is 53.1 Å². The van der Waals surface area contributed by atoms with Gasteiger partial charge < -0.3 is 0 Å². The van der Waals surface area contributed by atoms with E-state index in [4.69, 9.17) is 0 Å². The second-order valence-electron chi connectivity index (χ2n) is 12.2. The highest BCUT2D eigenvalue weighted by molar-refractivity contribution is 7.25. The molecule has 0 N–H and O–H groups in total. The molecular weight excluding hydrogens is 525 g/mol. The molecule has 0 amide bonds. The minimum absolute atomic E-state index is 0.00529. The van der Waals surface area contributed by atoms with Gasteiger partial charge in [0.25, 0.3) is 0 Å². The van der Waals surface area contributed by atoms with E-state index in [1.165, 1.54) is 86.2 Å². The Morgan fingerprint density at radius 1 is 0.429 bits per heavy atom. The fourth-order valence-corrected chi connectivity index (χ4v) is 8.40. The quantitative estimate of drug-likeness (QED) is 0.200. The minimum Gasteiger partial charge on any atom is -0.135 e. The summed E-state index contributed by atoms with van der Waals surface area (Å²) in [6, 6.07) is 49.9. The summed E-state index contributed by atoms with van der Waals surface area (Å²) in [6.07, 6.45) is 0. The molecule has 0 radical (unpaired) electrons. The summed E-state index contributed by atoms with van der Waals surface area (Å²) >= 11 is 1.87. The summed E-state index contributed by atoms with van der Waals surface area (Å²) in [4.78, 5) is 0. The molecule has 0 saturated heterocycles. The molecule has 1 heteroatoms. The van der Waals surface area contributed by atoms with Crippen LogP contribution < -0.4 is 0 Å². The third kappa shape index (κ3) is 3.41. The zero-order valence-corrected chi connectivity index (χ0v) is 24.4. The topological polar surface area (TPSA) is 0 Å². The average Bonchev–Trinajstić information content (AvgIpc) is 3.52. The first-order valence-electron chi connectivity index (χ1n) is 14.7. The Kier molecular flexibility index (Phi) is 4.93. The Hall–Kier alpha value is -4.72. The first kappa shape index (κ1) is 23.9. The number of thiophene rings is 1. The summed E-state index contributed by atoms with van der Waals surface area (Å²) in [7, 11) is 0. The molecule has 7 aromatic carbocycles. The predicted octanol–water partition coefficient (Wildman–Crippen LogP) is 12.0. The van der Waals surface area contributed by atoms with Crippen LogP contribution in [0.2, 0.25) is 0 Å². The van der Waals surface area contributed by atoms with Crippen LogP contribution in [0.5, 0.6) is 0 Å². The van der Waals surface area contributed by atoms with Gasteiger partial charge in [0.2, 0.25) is 0 Å². The lowest BCUT2D eigenvalue weighted by atomic mass is 9.80. The van der Waals surface area contributed by atoms with Gasteiger partial charge in [-0.15, -0.1) is 11.3 Å². The molecule has 0 aliphatic heterocycles. The fourth-order valence-electron chi connectivity index (χ4n) is 7.32. The van der Waals surface area contributed by atoms with Crippen molar-refractivity contribution < 1.29 is 0 Å². The molecule has 1 heterocycles. The maximum atomic E-state index is 2.37. The third-order valence-electron chi connectivity index (χ3n) is 9.42. The molecule has 0 spiro atoms. The van der Waals surface area contributed by atoms with Crippen molar-refractivity contribution in [3.05, 3.63) is 145 Å². The molecule has 0 atom stereocenters. The van der Waals surface area contributed by atoms with E-state index in [9.17, 15) is 0 Å². The maximum absolute atomic E-state index is 2.37. The van der Waals surface area contributed by atoms with Crippen LogP contribution in [0.3, 0.4) is 0 Å². The molecule has 9 rings (SSSR count). The lowest BCUT2D eigenvalue weighted by Crippen LogP contribution is -2.15. The molecule has 0 saturated carbocycles. The standard InChI is InChI=1S/C41H28S/c1-41(2)37-9-5-3-7-33(37)35-19-16-31-23-29(15-18-32(31)40(35)41)27-12-11-26-22-28(14-13-25(26)21-27)30-17-20-39-36(24-30)34-8-4-6-10-38(34)42-39/h3-24H,1-2H3. The predicted molar refractivity (Wildman–Crippen MR) is 183 cm³/mol. The van der Waals surface area contributed by atoms with Crippen LogP contribution in [0.25, 0.3) is 75.1 Å². The van der Waals surface area contributed by atoms with Crippen LogP contribution in [0.15, 0.2) is 133 Å². The van der Waals surface area contributed by atoms with E-state index in [1.807, 2.05) is 11.3 Å². The molecule has 0 nitrogen and oxygen atoms in total. The van der Waals surface area contributed by atoms with Crippen molar-refractivity contribution in [2.24, 2.45) is 0 Å². The first-order valence-corrected chi connectivity index (χ1v) is 15.5. The van der Waals surface area contributed by atoms with Gasteiger partial charge in [-0.2, -0.15) is 0 Å². The highest BCUT2D eigenvalue weighted by Gasteiger charge is 2.36. The SMILES string of the molecule is CC1(C)c2ccccc2-c2ccc3cc(-c4ccc5cc(-c6ccc7sc8ccccc8c7c6)ccc5c4)ccc3c21. The van der Waals surface area contributed by atoms with Crippen LogP contribution >= 0.6 is 11.3 Å². The molecule has 42 heavy (non-hydrogen) atoms. The molecule has 1 aliphatic carbocycles. The molecule has 198 valence electrons. The van der Waals surface area contributed by atoms with Crippen molar-refractivity contribution in [3.63, 3.8) is 0 Å². The Morgan fingerprint density at radius 2 is 1.02 bits per heavy atom. The fraction of sp³-hybridized carbons (Fsp3) is 0.0732. The molecule has 0 unspecified atom stereocenters. The largest absolute Gasteiger partial charge is 0.135 e. The molecule has 0 bridgehead atoms. The van der Waals surface area contributed by atoms with E-state index in [0.717, 1.165) is 0 Å². The Labute approximate surface area is 249 Å². The van der Waals surface area contributed by atoms with Crippen molar-refractivity contribution in [1.82, 2.24) is 0 Å². The monoisotopic (exact) mass is 552 g/mol. The van der Waals surface area contributed by atoms with Gasteiger partial charge in [0, 0.05) is 25.6 Å². The van der Waals surface area contributed by atoms with E-state index in [1.54, 1.807) is 0 Å². The first-order chi connectivity index (χ1) is 20.5. The lowest BCUT2D eigenvalue weighted by molar-refractivity contribution is 0.666. The van der Waals surface area contributed by atoms with Crippen LogP contribution in [0.4, 0.5) is 0 Å². The van der Waals surface area contributed by atoms with Crippen molar-refractivity contribution in [2.45, 2.75) is 19.3 Å². The smallest absolute Gasteiger partial charge is 0.0355 e. The van der Waals surface area contributed by atoms with Gasteiger partial charge in [-0.25, -0.2) is 0 Å². The third-order valence-corrected chi connectivity index (χ3v) is 10.6. The van der Waals surface area contributed by atoms with Crippen molar-refractivity contribution in [1.29, 1.82) is 0 Å². The molecule has 0 fully saturated rings. The highest BCUT2D eigenvalue weighted by atomic mass is 32.1. The zero-order chi connectivity index (χ0) is 28.0. The second kappa shape index (κ2) is 8.64. The zero-order valence-electron chi connectivity index (χ0n) is 23.6. The van der Waals surface area contributed by atoms with E-state index >= 15 is 0 Å². The summed E-state index contributed by atoms with van der Waals surface area (Å²) in [6.45, 7) is 4.73. The van der Waals surface area contributed by atoms with Gasteiger partial charge in [-0.1, -0.05) is 111 Å². The summed E-state index contributed by atoms with van der Waals surface area (Å²) in [5.41, 5.74) is 10.7. The lowest BCUT2D eigenvalue weighted by Gasteiger charge is -2.23. The number of hydrogen-bond donors (Lipinski definition) is 0. The maximum Gasteiger partial charge on any atom is 0.0355 e. The van der Waals surface area contributed by atoms with E-state index in [2.05, 4.69) is 147 Å². The molecule has 1 aromatic heterocycles. The van der Waals surface area contributed by atoms with E-state index in [-0.39, 0.29) is 5.41 Å². The van der Waals surface area contributed by atoms with Crippen LogP contribution in [-0.2, 0) is 5.41 Å². The van der Waals surface area contributed by atoms with Gasteiger partial charge >= 0.3 is 0 Å². The van der Waals surface area contributed by atoms with Crippen molar-refractivity contribution in [2.75, 3.05) is 0 Å². The van der Waals surface area contributed by atoms with E-state index < -0.39 is 0 Å². The number of fused-ring (bicyclic) bond motifs is 9. The summed E-state index contributed by atoms with van der Waals surface area (Å²) in [5.74, 6) is 0. The normalized spacial score (nSPS) is 13.7.